The number of amides is 3. The molecule has 17 heteroatoms. The molecule has 2 N–H and O–H groups in total. The number of urea groups is 1. The first-order valence-corrected chi connectivity index (χ1v) is 11.4. The lowest BCUT2D eigenvalue weighted by Gasteiger charge is -2.44. The summed E-state index contributed by atoms with van der Waals surface area (Å²) in [6.07, 6.45) is -5.78. The molecule has 1 rings (SSSR count). The van der Waals surface area contributed by atoms with E-state index in [2.05, 4.69) is 15.9 Å². The first-order valence-electron chi connectivity index (χ1n) is 10.9. The molecule has 0 bridgehead atoms. The van der Waals surface area contributed by atoms with Crippen LogP contribution in [0.15, 0.2) is 5.29 Å². The SMILES string of the molecule is CC(=O)OC[C@H]1OC(OC(C)=O)[C@H](NC(=O)[C@H](C)NC(=O)N(CCCl)N=O)[C@@H](OC(C)=O)[C@@H]1OC(C)=O. The molecule has 1 heterocycles. The van der Waals surface area contributed by atoms with Gasteiger partial charge in [0.05, 0.1) is 11.8 Å². The predicted octanol–water partition coefficient (Wildman–Crippen LogP) is -0.494. The van der Waals surface area contributed by atoms with Crippen molar-refractivity contribution in [2.45, 2.75) is 71.3 Å². The zero-order valence-corrected chi connectivity index (χ0v) is 21.5. The monoisotopic (exact) mass is 552 g/mol. The molecule has 1 aliphatic rings. The van der Waals surface area contributed by atoms with Crippen molar-refractivity contribution in [3.8, 4) is 0 Å². The normalized spacial score (nSPS) is 23.5. The number of carbonyl (C=O) groups excluding carboxylic acids is 6. The van der Waals surface area contributed by atoms with E-state index in [1.54, 1.807) is 0 Å². The molecular weight excluding hydrogens is 524 g/mol. The van der Waals surface area contributed by atoms with E-state index in [0.29, 0.717) is 5.01 Å². The Morgan fingerprint density at radius 1 is 0.946 bits per heavy atom. The Kier molecular flexibility index (Phi) is 12.7. The minimum atomic E-state index is -1.61. The average molecular weight is 553 g/mol. The molecule has 0 aromatic rings. The molecule has 0 spiro atoms. The molecule has 1 fully saturated rings. The number of esters is 4. The van der Waals surface area contributed by atoms with Crippen LogP contribution in [0.2, 0.25) is 0 Å². The highest BCUT2D eigenvalue weighted by molar-refractivity contribution is 6.18. The Morgan fingerprint density at radius 2 is 1.51 bits per heavy atom. The van der Waals surface area contributed by atoms with E-state index in [1.807, 2.05) is 0 Å². The van der Waals surface area contributed by atoms with Gasteiger partial charge in [0.15, 0.2) is 12.2 Å². The number of ether oxygens (including phenoxy) is 5. The van der Waals surface area contributed by atoms with Crippen molar-refractivity contribution in [2.24, 2.45) is 5.29 Å². The van der Waals surface area contributed by atoms with Gasteiger partial charge in [0.1, 0.15) is 24.8 Å². The Hall–Kier alpha value is -3.53. The molecule has 0 saturated carbocycles. The smallest absolute Gasteiger partial charge is 0.341 e. The fourth-order valence-corrected chi connectivity index (χ4v) is 3.35. The third-order valence-corrected chi connectivity index (χ3v) is 4.82. The molecule has 1 unspecified atom stereocenters. The zero-order valence-electron chi connectivity index (χ0n) is 20.8. The fourth-order valence-electron chi connectivity index (χ4n) is 3.19. The highest BCUT2D eigenvalue weighted by Gasteiger charge is 2.52. The van der Waals surface area contributed by atoms with Crippen LogP contribution >= 0.6 is 11.6 Å². The van der Waals surface area contributed by atoms with Crippen LogP contribution in [0, 0.1) is 4.91 Å². The van der Waals surface area contributed by atoms with Crippen LogP contribution < -0.4 is 10.6 Å². The van der Waals surface area contributed by atoms with Gasteiger partial charge in [-0.05, 0) is 6.92 Å². The quantitative estimate of drug-likeness (QED) is 0.109. The second-order valence-corrected chi connectivity index (χ2v) is 8.08. The summed E-state index contributed by atoms with van der Waals surface area (Å²) >= 11 is 5.50. The zero-order chi connectivity index (χ0) is 28.3. The number of rotatable bonds is 11. The number of hydrogen-bond donors (Lipinski definition) is 2. The van der Waals surface area contributed by atoms with Crippen LogP contribution in [0.5, 0.6) is 0 Å². The lowest BCUT2D eigenvalue weighted by atomic mass is 9.95. The molecule has 0 aromatic carbocycles. The van der Waals surface area contributed by atoms with Crippen LogP contribution in [-0.4, -0.2) is 96.5 Å². The maximum Gasteiger partial charge on any atom is 0.341 e. The second-order valence-electron chi connectivity index (χ2n) is 7.70. The number of halogens is 1. The molecule has 0 aromatic heterocycles. The van der Waals surface area contributed by atoms with Gasteiger partial charge in [-0.25, -0.2) is 4.79 Å². The molecular formula is C20H29ClN4O12. The van der Waals surface area contributed by atoms with Gasteiger partial charge in [-0.3, -0.25) is 24.0 Å². The van der Waals surface area contributed by atoms with Gasteiger partial charge < -0.3 is 34.3 Å². The van der Waals surface area contributed by atoms with Crippen molar-refractivity contribution >= 4 is 47.4 Å². The van der Waals surface area contributed by atoms with Gasteiger partial charge in [-0.1, -0.05) is 0 Å². The largest absolute Gasteiger partial charge is 0.463 e. The standard InChI is InChI=1S/C20H29ClN4O12/c1-9(22-20(31)25(24-32)7-6-21)18(30)23-15-17(35-12(4)28)16(34-11(3)27)14(8-33-10(2)26)37-19(15)36-13(5)29/h9,14-17,19H,6-8H2,1-5H3,(H,22,31)(H,23,30)/t9-,14+,15+,16+,17+,19?/m0/s1. The van der Waals surface area contributed by atoms with E-state index in [4.69, 9.17) is 35.3 Å². The van der Waals surface area contributed by atoms with Crippen molar-refractivity contribution in [3.63, 3.8) is 0 Å². The Bertz CT molecular complexity index is 887. The van der Waals surface area contributed by atoms with Crippen molar-refractivity contribution in [1.29, 1.82) is 0 Å². The third kappa shape index (κ3) is 10.2. The van der Waals surface area contributed by atoms with Crippen LogP contribution in [0.3, 0.4) is 0 Å². The van der Waals surface area contributed by atoms with E-state index in [1.165, 1.54) is 6.92 Å². The molecule has 208 valence electrons. The number of carbonyl (C=O) groups is 6. The summed E-state index contributed by atoms with van der Waals surface area (Å²) in [6.45, 7) is 4.82. The van der Waals surface area contributed by atoms with Crippen molar-refractivity contribution in [2.75, 3.05) is 19.0 Å². The van der Waals surface area contributed by atoms with Crippen LogP contribution in [0.25, 0.3) is 0 Å². The minimum absolute atomic E-state index is 0.0979. The summed E-state index contributed by atoms with van der Waals surface area (Å²) < 4.78 is 26.3. The van der Waals surface area contributed by atoms with E-state index in [-0.39, 0.29) is 12.4 Å². The van der Waals surface area contributed by atoms with Crippen molar-refractivity contribution in [3.05, 3.63) is 4.91 Å². The molecule has 0 radical (unpaired) electrons. The summed E-state index contributed by atoms with van der Waals surface area (Å²) in [5, 5.41) is 7.62. The summed E-state index contributed by atoms with van der Waals surface area (Å²) in [6, 6.07) is -3.78. The Labute approximate surface area is 216 Å². The highest BCUT2D eigenvalue weighted by Crippen LogP contribution is 2.28. The van der Waals surface area contributed by atoms with Crippen molar-refractivity contribution < 1.29 is 52.5 Å². The maximum atomic E-state index is 12.9. The van der Waals surface area contributed by atoms with Gasteiger partial charge in [-0.2, -0.15) is 5.01 Å². The Morgan fingerprint density at radius 3 is 2.00 bits per heavy atom. The molecule has 37 heavy (non-hydrogen) atoms. The van der Waals surface area contributed by atoms with Crippen LogP contribution in [-0.2, 0) is 47.7 Å². The van der Waals surface area contributed by atoms with Gasteiger partial charge in [0.25, 0.3) is 0 Å². The number of nitrogens with one attached hydrogen (secondary N) is 2. The lowest BCUT2D eigenvalue weighted by Crippen LogP contribution is -2.68. The van der Waals surface area contributed by atoms with E-state index >= 15 is 0 Å². The van der Waals surface area contributed by atoms with Gasteiger partial charge in [-0.15, -0.1) is 16.5 Å². The molecule has 0 aliphatic carbocycles. The first kappa shape index (κ1) is 31.5. The van der Waals surface area contributed by atoms with Gasteiger partial charge >= 0.3 is 29.9 Å². The lowest BCUT2D eigenvalue weighted by molar-refractivity contribution is -0.271. The average Bonchev–Trinajstić information content (AvgIpc) is 2.78. The predicted molar refractivity (Wildman–Crippen MR) is 121 cm³/mol. The molecule has 3 amide bonds. The van der Waals surface area contributed by atoms with E-state index in [0.717, 1.165) is 27.7 Å². The minimum Gasteiger partial charge on any atom is -0.463 e. The van der Waals surface area contributed by atoms with Gasteiger partial charge in [0, 0.05) is 33.6 Å². The van der Waals surface area contributed by atoms with Crippen LogP contribution in [0.4, 0.5) is 4.79 Å². The number of nitroso groups, excluding NO2 is 1. The topological polar surface area (TPSA) is 205 Å². The van der Waals surface area contributed by atoms with E-state index in [9.17, 15) is 33.7 Å². The van der Waals surface area contributed by atoms with Crippen LogP contribution in [0.1, 0.15) is 34.6 Å². The molecule has 1 aliphatic heterocycles. The second kappa shape index (κ2) is 14.9. The van der Waals surface area contributed by atoms with E-state index < -0.39 is 79.1 Å². The maximum absolute atomic E-state index is 12.9. The highest BCUT2D eigenvalue weighted by atomic mass is 35.5. The number of hydrogen-bond acceptors (Lipinski definition) is 13. The summed E-state index contributed by atoms with van der Waals surface area (Å²) in [4.78, 5) is 82.7. The first-order chi connectivity index (χ1) is 17.3. The summed E-state index contributed by atoms with van der Waals surface area (Å²) in [5.41, 5.74) is 0. The fraction of sp³-hybridized carbons (Fsp3) is 0.700. The molecule has 6 atom stereocenters. The Balaban J connectivity index is 3.30. The van der Waals surface area contributed by atoms with Crippen molar-refractivity contribution in [1.82, 2.24) is 15.6 Å². The number of nitrogens with zero attached hydrogens (tertiary/aromatic N) is 2. The number of alkyl halides is 1. The molecule has 1 saturated heterocycles. The molecule has 16 nitrogen and oxygen atoms in total. The van der Waals surface area contributed by atoms with Gasteiger partial charge in [0.2, 0.25) is 12.2 Å². The summed E-state index contributed by atoms with van der Waals surface area (Å²) in [5.74, 6) is -4.22. The third-order valence-electron chi connectivity index (χ3n) is 4.65. The summed E-state index contributed by atoms with van der Waals surface area (Å²) in [7, 11) is 0.